The average molecular weight is 264 g/mol. The Bertz CT molecular complexity index is 458. The van der Waals surface area contributed by atoms with Crippen LogP contribution >= 0.6 is 0 Å². The van der Waals surface area contributed by atoms with Gasteiger partial charge in [0.05, 0.1) is 11.0 Å². The smallest absolute Gasteiger partial charge is 0.277 e. The highest BCUT2D eigenvalue weighted by molar-refractivity contribution is 5.50. The van der Waals surface area contributed by atoms with E-state index in [1.165, 1.54) is 12.8 Å². The third-order valence-electron chi connectivity index (χ3n) is 3.58. The van der Waals surface area contributed by atoms with Crippen molar-refractivity contribution in [1.82, 2.24) is 10.3 Å². The molecule has 1 N–H and O–H groups in total. The molecule has 1 atom stereocenters. The van der Waals surface area contributed by atoms with Crippen LogP contribution in [0.4, 0.5) is 11.5 Å². The molecule has 2 heterocycles. The van der Waals surface area contributed by atoms with Gasteiger partial charge in [-0.3, -0.25) is 10.1 Å². The minimum Gasteiger partial charge on any atom is -0.359 e. The molecule has 1 aliphatic rings. The van der Waals surface area contributed by atoms with Gasteiger partial charge in [-0.2, -0.15) is 0 Å². The van der Waals surface area contributed by atoms with Gasteiger partial charge in [-0.15, -0.1) is 0 Å². The van der Waals surface area contributed by atoms with Crippen LogP contribution in [0.5, 0.6) is 0 Å². The van der Waals surface area contributed by atoms with Gasteiger partial charge >= 0.3 is 0 Å². The van der Waals surface area contributed by atoms with Crippen molar-refractivity contribution in [1.29, 1.82) is 0 Å². The molecule has 1 unspecified atom stereocenters. The number of anilines is 1. The Morgan fingerprint density at radius 1 is 1.63 bits per heavy atom. The van der Waals surface area contributed by atoms with Gasteiger partial charge in [0.1, 0.15) is 5.82 Å². The molecule has 1 saturated heterocycles. The van der Waals surface area contributed by atoms with Crippen molar-refractivity contribution in [3.63, 3.8) is 0 Å². The molecule has 19 heavy (non-hydrogen) atoms. The maximum atomic E-state index is 10.9. The van der Waals surface area contributed by atoms with Crippen molar-refractivity contribution in [2.45, 2.75) is 19.8 Å². The number of aromatic nitrogens is 1. The summed E-state index contributed by atoms with van der Waals surface area (Å²) in [6.07, 6.45) is 3.97. The summed E-state index contributed by atoms with van der Waals surface area (Å²) in [5, 5.41) is 14.3. The Balaban J connectivity index is 2.07. The highest BCUT2D eigenvalue weighted by Crippen LogP contribution is 2.23. The van der Waals surface area contributed by atoms with Gasteiger partial charge in [-0.25, -0.2) is 4.98 Å². The Morgan fingerprint density at radius 3 is 3.05 bits per heavy atom. The first-order valence-electron chi connectivity index (χ1n) is 6.61. The topological polar surface area (TPSA) is 71.3 Å². The molecule has 6 nitrogen and oxygen atoms in total. The number of pyridine rings is 1. The van der Waals surface area contributed by atoms with Crippen molar-refractivity contribution in [2.75, 3.05) is 31.6 Å². The summed E-state index contributed by atoms with van der Waals surface area (Å²) in [4.78, 5) is 16.9. The van der Waals surface area contributed by atoms with E-state index in [9.17, 15) is 10.1 Å². The minimum atomic E-state index is -0.351. The number of hydrogen-bond acceptors (Lipinski definition) is 5. The number of rotatable bonds is 4. The molecule has 0 amide bonds. The molecule has 1 aromatic rings. The monoisotopic (exact) mass is 264 g/mol. The van der Waals surface area contributed by atoms with Crippen LogP contribution in [-0.2, 0) is 0 Å². The standard InChI is InChI=1S/C13H20N4O2/c1-10-7-15-13(6-12(10)17(18)19)16(2)9-11-4-3-5-14-8-11/h6-7,11,14H,3-5,8-9H2,1-2H3. The second-order valence-electron chi connectivity index (χ2n) is 5.18. The second-order valence-corrected chi connectivity index (χ2v) is 5.18. The number of nitrogens with one attached hydrogen (secondary N) is 1. The lowest BCUT2D eigenvalue weighted by atomic mass is 9.99. The molecule has 0 aliphatic carbocycles. The summed E-state index contributed by atoms with van der Waals surface area (Å²) in [7, 11) is 1.94. The van der Waals surface area contributed by atoms with Crippen LogP contribution in [0, 0.1) is 23.0 Å². The lowest BCUT2D eigenvalue weighted by Gasteiger charge is -2.28. The molecule has 104 valence electrons. The lowest BCUT2D eigenvalue weighted by molar-refractivity contribution is -0.385. The molecular formula is C13H20N4O2. The molecule has 0 bridgehead atoms. The van der Waals surface area contributed by atoms with E-state index >= 15 is 0 Å². The van der Waals surface area contributed by atoms with E-state index in [0.717, 1.165) is 19.6 Å². The normalized spacial score (nSPS) is 19.2. The SMILES string of the molecule is Cc1cnc(N(C)CC2CCCNC2)cc1[N+](=O)[O-]. The summed E-state index contributed by atoms with van der Waals surface area (Å²) >= 11 is 0. The number of nitrogens with zero attached hydrogens (tertiary/aromatic N) is 3. The number of aryl methyl sites for hydroxylation is 1. The fraction of sp³-hybridized carbons (Fsp3) is 0.615. The quantitative estimate of drug-likeness (QED) is 0.662. The number of nitro groups is 1. The summed E-state index contributed by atoms with van der Waals surface area (Å²) in [6, 6.07) is 1.56. The third-order valence-corrected chi connectivity index (χ3v) is 3.58. The van der Waals surface area contributed by atoms with Gasteiger partial charge < -0.3 is 10.2 Å². The Hall–Kier alpha value is -1.69. The maximum Gasteiger partial charge on any atom is 0.277 e. The van der Waals surface area contributed by atoms with E-state index in [0.29, 0.717) is 17.3 Å². The van der Waals surface area contributed by atoms with Crippen molar-refractivity contribution in [3.05, 3.63) is 27.9 Å². The predicted octanol–water partition coefficient (Wildman–Crippen LogP) is 1.73. The predicted molar refractivity (Wildman–Crippen MR) is 74.5 cm³/mol. The van der Waals surface area contributed by atoms with Crippen LogP contribution < -0.4 is 10.2 Å². The average Bonchev–Trinajstić information content (AvgIpc) is 2.40. The van der Waals surface area contributed by atoms with E-state index in [2.05, 4.69) is 10.3 Å². The van der Waals surface area contributed by atoms with E-state index < -0.39 is 0 Å². The van der Waals surface area contributed by atoms with Gasteiger partial charge in [-0.05, 0) is 38.8 Å². The molecule has 0 radical (unpaired) electrons. The highest BCUT2D eigenvalue weighted by atomic mass is 16.6. The summed E-state index contributed by atoms with van der Waals surface area (Å²) < 4.78 is 0. The molecule has 2 rings (SSSR count). The molecule has 1 aliphatic heterocycles. The first kappa shape index (κ1) is 13.7. The van der Waals surface area contributed by atoms with Crippen molar-refractivity contribution < 1.29 is 4.92 Å². The van der Waals surface area contributed by atoms with Crippen LogP contribution in [0.25, 0.3) is 0 Å². The number of piperidine rings is 1. The molecule has 0 aromatic carbocycles. The van der Waals surface area contributed by atoms with E-state index in [4.69, 9.17) is 0 Å². The van der Waals surface area contributed by atoms with E-state index in [1.807, 2.05) is 11.9 Å². The van der Waals surface area contributed by atoms with E-state index in [1.54, 1.807) is 19.2 Å². The van der Waals surface area contributed by atoms with Crippen molar-refractivity contribution in [2.24, 2.45) is 5.92 Å². The van der Waals surface area contributed by atoms with Crippen molar-refractivity contribution >= 4 is 11.5 Å². The zero-order valence-electron chi connectivity index (χ0n) is 11.4. The molecule has 1 aromatic heterocycles. The fourth-order valence-electron chi connectivity index (χ4n) is 2.47. The second kappa shape index (κ2) is 5.97. The molecule has 0 spiro atoms. The maximum absolute atomic E-state index is 10.9. The summed E-state index contributed by atoms with van der Waals surface area (Å²) in [6.45, 7) is 4.69. The zero-order valence-corrected chi connectivity index (χ0v) is 11.4. The molecule has 0 saturated carbocycles. The largest absolute Gasteiger partial charge is 0.359 e. The van der Waals surface area contributed by atoms with Crippen LogP contribution in [0.1, 0.15) is 18.4 Å². The van der Waals surface area contributed by atoms with Gasteiger partial charge in [0, 0.05) is 25.4 Å². The van der Waals surface area contributed by atoms with Crippen LogP contribution in [0.3, 0.4) is 0 Å². The fourth-order valence-corrected chi connectivity index (χ4v) is 2.47. The highest BCUT2D eigenvalue weighted by Gasteiger charge is 2.18. The van der Waals surface area contributed by atoms with Gasteiger partial charge in [0.2, 0.25) is 0 Å². The molecule has 6 heteroatoms. The Morgan fingerprint density at radius 2 is 2.42 bits per heavy atom. The Kier molecular flexibility index (Phi) is 4.31. The third kappa shape index (κ3) is 3.41. The summed E-state index contributed by atoms with van der Waals surface area (Å²) in [5.41, 5.74) is 0.736. The first-order valence-corrected chi connectivity index (χ1v) is 6.61. The first-order chi connectivity index (χ1) is 9.08. The van der Waals surface area contributed by atoms with Crippen LogP contribution in [0.2, 0.25) is 0 Å². The van der Waals surface area contributed by atoms with E-state index in [-0.39, 0.29) is 10.6 Å². The van der Waals surface area contributed by atoms with Crippen molar-refractivity contribution in [3.8, 4) is 0 Å². The minimum absolute atomic E-state index is 0.138. The zero-order chi connectivity index (χ0) is 13.8. The lowest BCUT2D eigenvalue weighted by Crippen LogP contribution is -2.37. The van der Waals surface area contributed by atoms with Gasteiger partial charge in [0.15, 0.2) is 0 Å². The molecule has 1 fully saturated rings. The summed E-state index contributed by atoms with van der Waals surface area (Å²) in [5.74, 6) is 1.25. The van der Waals surface area contributed by atoms with Crippen LogP contribution in [0.15, 0.2) is 12.3 Å². The number of hydrogen-bond donors (Lipinski definition) is 1. The Labute approximate surface area is 113 Å². The van der Waals surface area contributed by atoms with Crippen LogP contribution in [-0.4, -0.2) is 36.6 Å². The molecular weight excluding hydrogens is 244 g/mol. The van der Waals surface area contributed by atoms with Gasteiger partial charge in [-0.1, -0.05) is 0 Å². The van der Waals surface area contributed by atoms with Gasteiger partial charge in [0.25, 0.3) is 5.69 Å².